The number of amides is 2. The Morgan fingerprint density at radius 1 is 0.861 bits per heavy atom. The van der Waals surface area contributed by atoms with Gasteiger partial charge < -0.3 is 9.57 Å². The molecule has 1 saturated heterocycles. The van der Waals surface area contributed by atoms with E-state index in [1.165, 1.54) is 0 Å². The molecule has 2 heterocycles. The number of carbonyl (C=O) groups is 4. The predicted molar refractivity (Wildman–Crippen MR) is 130 cm³/mol. The molecular weight excluding hydrogens is 460 g/mol. The van der Waals surface area contributed by atoms with Gasteiger partial charge in [-0.15, -0.1) is 5.06 Å². The lowest BCUT2D eigenvalue weighted by Gasteiger charge is -2.13. The number of hydroxylamine groups is 2. The van der Waals surface area contributed by atoms with E-state index in [0.717, 1.165) is 27.4 Å². The van der Waals surface area contributed by atoms with Gasteiger partial charge in [0, 0.05) is 25.0 Å². The number of ether oxygens (including phenoxy) is 1. The zero-order chi connectivity index (χ0) is 25.2. The summed E-state index contributed by atoms with van der Waals surface area (Å²) in [5.74, 6) is -1.85. The lowest BCUT2D eigenvalue weighted by atomic mass is 10.0. The molecule has 0 bridgehead atoms. The van der Waals surface area contributed by atoms with Crippen LogP contribution >= 0.6 is 0 Å². The minimum Gasteiger partial charge on any atom is -0.423 e. The number of hydrogen-bond acceptors (Lipinski definition) is 6. The standard InChI is InChI=1S/C28H23N2O6/c1-29-22-11-4-2-9-20(22)27(21-10-3-5-12-23(21)29)28(34)35-19-8-6-7-18(17-19)13-16-26(33)36-30-24(31)14-15-25(30)32/h2-12,17H,13-16H2,1H3/q+1. The van der Waals surface area contributed by atoms with Crippen LogP contribution in [0.15, 0.2) is 72.8 Å². The number of rotatable bonds is 6. The van der Waals surface area contributed by atoms with Gasteiger partial charge in [0.2, 0.25) is 11.0 Å². The fourth-order valence-corrected chi connectivity index (χ4v) is 4.42. The number of hydrogen-bond donors (Lipinski definition) is 0. The van der Waals surface area contributed by atoms with E-state index in [2.05, 4.69) is 0 Å². The first-order valence-electron chi connectivity index (χ1n) is 11.6. The van der Waals surface area contributed by atoms with E-state index in [9.17, 15) is 19.2 Å². The lowest BCUT2D eigenvalue weighted by molar-refractivity contribution is -0.617. The lowest BCUT2D eigenvalue weighted by Crippen LogP contribution is -2.32. The molecule has 0 N–H and O–H groups in total. The van der Waals surface area contributed by atoms with E-state index in [1.54, 1.807) is 24.3 Å². The monoisotopic (exact) mass is 483 g/mol. The highest BCUT2D eigenvalue weighted by molar-refractivity contribution is 6.13. The SMILES string of the molecule is C[n+]1c2ccccc2c(C(=O)Oc2cccc(CCC(=O)ON3C(=O)CCC3=O)c2)c2ccccc21. The number of pyridine rings is 1. The van der Waals surface area contributed by atoms with Gasteiger partial charge in [0.25, 0.3) is 11.8 Å². The zero-order valence-electron chi connectivity index (χ0n) is 19.6. The first kappa shape index (κ1) is 23.2. The number of nitrogens with zero attached hydrogens (tertiary/aromatic N) is 2. The molecule has 0 radical (unpaired) electrons. The smallest absolute Gasteiger partial charge is 0.345 e. The molecule has 1 fully saturated rings. The van der Waals surface area contributed by atoms with Gasteiger partial charge in [0.05, 0.1) is 22.8 Å². The van der Waals surface area contributed by atoms with E-state index in [1.807, 2.05) is 60.1 Å². The van der Waals surface area contributed by atoms with E-state index in [-0.39, 0.29) is 25.7 Å². The fraction of sp³-hybridized carbons (Fsp3) is 0.179. The highest BCUT2D eigenvalue weighted by atomic mass is 16.7. The van der Waals surface area contributed by atoms with E-state index < -0.39 is 23.8 Å². The van der Waals surface area contributed by atoms with Crippen LogP contribution in [0, 0.1) is 0 Å². The Bertz CT molecular complexity index is 1470. The van der Waals surface area contributed by atoms with E-state index in [4.69, 9.17) is 9.57 Å². The average molecular weight is 484 g/mol. The van der Waals surface area contributed by atoms with Gasteiger partial charge in [-0.05, 0) is 36.2 Å². The van der Waals surface area contributed by atoms with Crippen LogP contribution in [-0.2, 0) is 32.7 Å². The molecule has 1 aromatic heterocycles. The fourth-order valence-electron chi connectivity index (χ4n) is 4.42. The quantitative estimate of drug-likeness (QED) is 0.137. The Kier molecular flexibility index (Phi) is 6.16. The van der Waals surface area contributed by atoms with E-state index in [0.29, 0.717) is 16.4 Å². The van der Waals surface area contributed by atoms with Crippen molar-refractivity contribution in [2.45, 2.75) is 25.7 Å². The Hall–Kier alpha value is -4.59. The van der Waals surface area contributed by atoms with Gasteiger partial charge in [-0.1, -0.05) is 36.4 Å². The van der Waals surface area contributed by atoms with Crippen molar-refractivity contribution in [3.63, 3.8) is 0 Å². The van der Waals surface area contributed by atoms with Gasteiger partial charge in [-0.25, -0.2) is 9.59 Å². The molecule has 3 aromatic carbocycles. The molecule has 2 amide bonds. The Morgan fingerprint density at radius 2 is 1.47 bits per heavy atom. The van der Waals surface area contributed by atoms with Crippen LogP contribution in [0.25, 0.3) is 21.8 Å². The number of carbonyl (C=O) groups excluding carboxylic acids is 4. The maximum atomic E-state index is 13.4. The van der Waals surface area contributed by atoms with Crippen LogP contribution in [0.5, 0.6) is 5.75 Å². The van der Waals surface area contributed by atoms with Crippen molar-refractivity contribution in [1.82, 2.24) is 5.06 Å². The first-order chi connectivity index (χ1) is 17.4. The summed E-state index contributed by atoms with van der Waals surface area (Å²) < 4.78 is 7.82. The number of para-hydroxylation sites is 2. The van der Waals surface area contributed by atoms with Crippen molar-refractivity contribution in [2.75, 3.05) is 0 Å². The summed E-state index contributed by atoms with van der Waals surface area (Å²) in [6.45, 7) is 0. The van der Waals surface area contributed by atoms with Crippen molar-refractivity contribution in [1.29, 1.82) is 0 Å². The zero-order valence-corrected chi connectivity index (χ0v) is 19.6. The molecule has 180 valence electrons. The number of aromatic nitrogens is 1. The van der Waals surface area contributed by atoms with Gasteiger partial charge >= 0.3 is 11.9 Å². The molecule has 1 aliphatic heterocycles. The minimum atomic E-state index is -0.684. The summed E-state index contributed by atoms with van der Waals surface area (Å²) in [5, 5.41) is 2.11. The van der Waals surface area contributed by atoms with Crippen LogP contribution in [0.4, 0.5) is 0 Å². The molecule has 0 aliphatic carbocycles. The second-order valence-electron chi connectivity index (χ2n) is 8.55. The van der Waals surface area contributed by atoms with E-state index >= 15 is 0 Å². The maximum absolute atomic E-state index is 13.4. The van der Waals surface area contributed by atoms with Crippen LogP contribution in [-0.4, -0.2) is 28.8 Å². The molecule has 0 spiro atoms. The summed E-state index contributed by atoms with van der Waals surface area (Å²) in [7, 11) is 1.96. The third-order valence-corrected chi connectivity index (χ3v) is 6.20. The Morgan fingerprint density at radius 3 is 2.11 bits per heavy atom. The van der Waals surface area contributed by atoms with Crippen LogP contribution in [0.2, 0.25) is 0 Å². The normalized spacial score (nSPS) is 13.4. The largest absolute Gasteiger partial charge is 0.423 e. The van der Waals surface area contributed by atoms with Crippen molar-refractivity contribution in [3.05, 3.63) is 83.9 Å². The highest BCUT2D eigenvalue weighted by Crippen LogP contribution is 2.26. The van der Waals surface area contributed by atoms with Gasteiger partial charge in [-0.2, -0.15) is 4.57 Å². The van der Waals surface area contributed by atoms with Crippen molar-refractivity contribution >= 4 is 45.6 Å². The molecule has 0 unspecified atom stereocenters. The third-order valence-electron chi connectivity index (χ3n) is 6.20. The van der Waals surface area contributed by atoms with Crippen molar-refractivity contribution < 1.29 is 33.3 Å². The maximum Gasteiger partial charge on any atom is 0.345 e. The number of benzene rings is 3. The number of aryl methyl sites for hydroxylation is 2. The van der Waals surface area contributed by atoms with Gasteiger partial charge in [0.15, 0.2) is 0 Å². The molecule has 0 saturated carbocycles. The number of esters is 1. The Labute approximate surface area is 206 Å². The second-order valence-corrected chi connectivity index (χ2v) is 8.55. The van der Waals surface area contributed by atoms with Crippen molar-refractivity contribution in [3.8, 4) is 5.75 Å². The number of imide groups is 1. The molecule has 8 heteroatoms. The molecule has 0 atom stereocenters. The summed E-state index contributed by atoms with van der Waals surface area (Å²) in [6, 6.07) is 22.2. The topological polar surface area (TPSA) is 93.9 Å². The summed E-state index contributed by atoms with van der Waals surface area (Å²) >= 11 is 0. The predicted octanol–water partition coefficient (Wildman–Crippen LogP) is 3.58. The number of fused-ring (bicyclic) bond motifs is 2. The molecule has 1 aliphatic rings. The van der Waals surface area contributed by atoms with Gasteiger partial charge in [-0.3, -0.25) is 9.59 Å². The van der Waals surface area contributed by atoms with Crippen LogP contribution < -0.4 is 9.30 Å². The minimum absolute atomic E-state index is 0.0427. The summed E-state index contributed by atoms with van der Waals surface area (Å²) in [6.07, 6.45) is 0.333. The molecule has 36 heavy (non-hydrogen) atoms. The van der Waals surface area contributed by atoms with Gasteiger partial charge in [0.1, 0.15) is 12.8 Å². The Balaban J connectivity index is 1.35. The molecular formula is C28H23N2O6+. The molecule has 8 nitrogen and oxygen atoms in total. The summed E-state index contributed by atoms with van der Waals surface area (Å²) in [5.41, 5.74) is 3.04. The third kappa shape index (κ3) is 4.40. The highest BCUT2D eigenvalue weighted by Gasteiger charge is 2.32. The first-order valence-corrected chi connectivity index (χ1v) is 11.6. The van der Waals surface area contributed by atoms with Crippen molar-refractivity contribution in [2.24, 2.45) is 7.05 Å². The molecule has 4 aromatic rings. The average Bonchev–Trinajstić information content (AvgIpc) is 3.20. The van der Waals surface area contributed by atoms with Crippen LogP contribution in [0.1, 0.15) is 35.2 Å². The van der Waals surface area contributed by atoms with Crippen LogP contribution in [0.3, 0.4) is 0 Å². The summed E-state index contributed by atoms with van der Waals surface area (Å²) in [4.78, 5) is 53.7. The molecule has 5 rings (SSSR count). The second kappa shape index (κ2) is 9.58.